The molecule has 0 unspecified atom stereocenters. The maximum atomic E-state index is 12.7. The zero-order valence-corrected chi connectivity index (χ0v) is 21.0. The molecule has 0 aliphatic rings. The molecule has 1 amide bonds. The van der Waals surface area contributed by atoms with Crippen molar-refractivity contribution < 1.29 is 23.9 Å². The number of hydrogen-bond acceptors (Lipinski definition) is 9. The first kappa shape index (κ1) is 25.5. The van der Waals surface area contributed by atoms with Crippen molar-refractivity contribution in [2.75, 3.05) is 25.3 Å². The fraction of sp³-hybridized carbons (Fsp3) is 0.227. The maximum absolute atomic E-state index is 12.7. The highest BCUT2D eigenvalue weighted by atomic mass is 35.5. The van der Waals surface area contributed by atoms with Crippen LogP contribution in [-0.2, 0) is 20.8 Å². The number of halogens is 1. The topological polar surface area (TPSA) is 112 Å². The van der Waals surface area contributed by atoms with E-state index in [2.05, 4.69) is 22.1 Å². The molecule has 1 aromatic carbocycles. The normalized spacial score (nSPS) is 10.6. The maximum Gasteiger partial charge on any atom is 0.348 e. The number of carbonyl (C=O) groups is 3. The molecule has 3 aromatic rings. The number of aromatic nitrogens is 3. The summed E-state index contributed by atoms with van der Waals surface area (Å²) in [5.41, 5.74) is 1.28. The molecule has 0 atom stereocenters. The standard InChI is InChI=1S/C22H21ClN4O5S2/c1-5-9-27-18(13-7-6-8-14(23)10-13)25-26-22(27)33-11-15(28)24-19-16(20(29)31-3)12(2)17(34-19)21(30)32-4/h5-8,10H,1,9,11H2,2-4H3,(H,24,28). The predicted molar refractivity (Wildman–Crippen MR) is 132 cm³/mol. The van der Waals surface area contributed by atoms with Crippen molar-refractivity contribution in [2.24, 2.45) is 0 Å². The smallest absolute Gasteiger partial charge is 0.348 e. The minimum absolute atomic E-state index is 0.0179. The molecule has 34 heavy (non-hydrogen) atoms. The molecule has 0 saturated heterocycles. The van der Waals surface area contributed by atoms with E-state index in [1.54, 1.807) is 25.1 Å². The Morgan fingerprint density at radius 3 is 2.62 bits per heavy atom. The Labute approximate surface area is 209 Å². The molecule has 12 heteroatoms. The van der Waals surface area contributed by atoms with E-state index in [1.165, 1.54) is 26.0 Å². The second kappa shape index (κ2) is 11.3. The van der Waals surface area contributed by atoms with Gasteiger partial charge in [-0.25, -0.2) is 9.59 Å². The highest BCUT2D eigenvalue weighted by Crippen LogP contribution is 2.34. The van der Waals surface area contributed by atoms with Crippen LogP contribution in [0.3, 0.4) is 0 Å². The van der Waals surface area contributed by atoms with Crippen LogP contribution in [0.2, 0.25) is 5.02 Å². The van der Waals surface area contributed by atoms with Gasteiger partial charge >= 0.3 is 11.9 Å². The summed E-state index contributed by atoms with van der Waals surface area (Å²) in [4.78, 5) is 37.2. The van der Waals surface area contributed by atoms with E-state index >= 15 is 0 Å². The van der Waals surface area contributed by atoms with E-state index in [0.717, 1.165) is 16.9 Å². The van der Waals surface area contributed by atoms with Crippen molar-refractivity contribution in [3.05, 3.63) is 57.9 Å². The van der Waals surface area contributed by atoms with Gasteiger partial charge in [0.25, 0.3) is 0 Å². The first-order valence-electron chi connectivity index (χ1n) is 9.83. The van der Waals surface area contributed by atoms with Gasteiger partial charge in [0.05, 0.1) is 25.5 Å². The van der Waals surface area contributed by atoms with Gasteiger partial charge in [-0.05, 0) is 24.6 Å². The summed E-state index contributed by atoms with van der Waals surface area (Å²) in [5, 5.41) is 12.4. The summed E-state index contributed by atoms with van der Waals surface area (Å²) in [6.07, 6.45) is 1.70. The van der Waals surface area contributed by atoms with Crippen LogP contribution in [0, 0.1) is 6.92 Å². The van der Waals surface area contributed by atoms with Gasteiger partial charge in [0.15, 0.2) is 11.0 Å². The zero-order valence-electron chi connectivity index (χ0n) is 18.6. The number of benzene rings is 1. The molecule has 1 N–H and O–H groups in total. The summed E-state index contributed by atoms with van der Waals surface area (Å²) in [6.45, 7) is 5.80. The lowest BCUT2D eigenvalue weighted by atomic mass is 10.1. The van der Waals surface area contributed by atoms with Crippen LogP contribution >= 0.6 is 34.7 Å². The second-order valence-corrected chi connectivity index (χ2v) is 9.20. The molecule has 178 valence electrons. The van der Waals surface area contributed by atoms with Crippen molar-refractivity contribution >= 4 is 57.5 Å². The van der Waals surface area contributed by atoms with Gasteiger partial charge in [0.1, 0.15) is 9.88 Å². The molecule has 2 aromatic heterocycles. The third-order valence-electron chi connectivity index (χ3n) is 4.60. The summed E-state index contributed by atoms with van der Waals surface area (Å²) in [6, 6.07) is 7.22. The number of methoxy groups -OCH3 is 2. The van der Waals surface area contributed by atoms with Crippen LogP contribution in [0.4, 0.5) is 5.00 Å². The SMILES string of the molecule is C=CCn1c(SCC(=O)Nc2sc(C(=O)OC)c(C)c2C(=O)OC)nnc1-c1cccc(Cl)c1. The third-order valence-corrected chi connectivity index (χ3v) is 6.99. The first-order valence-corrected chi connectivity index (χ1v) is 12.0. The van der Waals surface area contributed by atoms with Crippen molar-refractivity contribution in [3.8, 4) is 11.4 Å². The Kier molecular flexibility index (Phi) is 8.48. The van der Waals surface area contributed by atoms with Gasteiger partial charge in [-0.15, -0.1) is 28.1 Å². The number of allylic oxidation sites excluding steroid dienone is 1. The van der Waals surface area contributed by atoms with Crippen LogP contribution < -0.4 is 5.32 Å². The zero-order chi connectivity index (χ0) is 24.8. The fourth-order valence-corrected chi connectivity index (χ4v) is 5.13. The number of esters is 2. The van der Waals surface area contributed by atoms with E-state index in [1.807, 2.05) is 16.7 Å². The van der Waals surface area contributed by atoms with E-state index in [4.69, 9.17) is 21.1 Å². The molecule has 0 bridgehead atoms. The highest BCUT2D eigenvalue weighted by Gasteiger charge is 2.27. The largest absolute Gasteiger partial charge is 0.465 e. The quantitative estimate of drug-likeness (QED) is 0.250. The predicted octanol–water partition coefficient (Wildman–Crippen LogP) is 4.46. The minimum Gasteiger partial charge on any atom is -0.465 e. The highest BCUT2D eigenvalue weighted by molar-refractivity contribution is 7.99. The molecule has 0 radical (unpaired) electrons. The molecule has 0 spiro atoms. The minimum atomic E-state index is -0.663. The third kappa shape index (κ3) is 5.49. The average Bonchev–Trinajstić information content (AvgIpc) is 3.37. The van der Waals surface area contributed by atoms with Crippen LogP contribution in [0.25, 0.3) is 11.4 Å². The number of hydrogen-bond donors (Lipinski definition) is 1. The van der Waals surface area contributed by atoms with Crippen molar-refractivity contribution in [3.63, 3.8) is 0 Å². The van der Waals surface area contributed by atoms with E-state index in [9.17, 15) is 14.4 Å². The van der Waals surface area contributed by atoms with Gasteiger partial charge in [-0.2, -0.15) is 0 Å². The van der Waals surface area contributed by atoms with Crippen molar-refractivity contribution in [2.45, 2.75) is 18.6 Å². The lowest BCUT2D eigenvalue weighted by molar-refractivity contribution is -0.113. The molecule has 0 aliphatic carbocycles. The summed E-state index contributed by atoms with van der Waals surface area (Å²) >= 11 is 8.22. The van der Waals surface area contributed by atoms with Crippen LogP contribution in [0.5, 0.6) is 0 Å². The molecule has 2 heterocycles. The molecule has 9 nitrogen and oxygen atoms in total. The number of thioether (sulfide) groups is 1. The monoisotopic (exact) mass is 520 g/mol. The van der Waals surface area contributed by atoms with Crippen molar-refractivity contribution in [1.82, 2.24) is 14.8 Å². The molecule has 0 aliphatic heterocycles. The number of anilines is 1. The number of ether oxygens (including phenoxy) is 2. The number of nitrogens with one attached hydrogen (secondary N) is 1. The molecular weight excluding hydrogens is 500 g/mol. The van der Waals surface area contributed by atoms with Crippen molar-refractivity contribution in [1.29, 1.82) is 0 Å². The lowest BCUT2D eigenvalue weighted by Crippen LogP contribution is -2.16. The van der Waals surface area contributed by atoms with E-state index in [-0.39, 0.29) is 21.2 Å². The van der Waals surface area contributed by atoms with E-state index in [0.29, 0.717) is 28.1 Å². The van der Waals surface area contributed by atoms with Crippen LogP contribution in [-0.4, -0.2) is 52.6 Å². The Balaban J connectivity index is 1.80. The Morgan fingerprint density at radius 1 is 1.24 bits per heavy atom. The summed E-state index contributed by atoms with van der Waals surface area (Å²) < 4.78 is 11.4. The molecule has 3 rings (SSSR count). The van der Waals surface area contributed by atoms with Gasteiger partial charge in [0.2, 0.25) is 5.91 Å². The summed E-state index contributed by atoms with van der Waals surface area (Å²) in [5.74, 6) is -1.09. The average molecular weight is 521 g/mol. The fourth-order valence-electron chi connectivity index (χ4n) is 3.06. The Bertz CT molecular complexity index is 1250. The lowest BCUT2D eigenvalue weighted by Gasteiger charge is -2.08. The van der Waals surface area contributed by atoms with Crippen LogP contribution in [0.15, 0.2) is 42.1 Å². The van der Waals surface area contributed by atoms with Gasteiger partial charge in [0, 0.05) is 17.1 Å². The van der Waals surface area contributed by atoms with Crippen LogP contribution in [0.1, 0.15) is 25.6 Å². The summed E-state index contributed by atoms with van der Waals surface area (Å²) in [7, 11) is 2.47. The Morgan fingerprint density at radius 2 is 1.97 bits per heavy atom. The van der Waals surface area contributed by atoms with Gasteiger partial charge in [-0.1, -0.05) is 41.6 Å². The number of amides is 1. The van der Waals surface area contributed by atoms with Gasteiger partial charge < -0.3 is 14.8 Å². The molecule has 0 saturated carbocycles. The Hall–Kier alpha value is -3.15. The molecular formula is C22H21ClN4O5S2. The number of nitrogens with zero attached hydrogens (tertiary/aromatic N) is 3. The molecule has 0 fully saturated rings. The van der Waals surface area contributed by atoms with E-state index < -0.39 is 17.8 Å². The number of rotatable bonds is 9. The second-order valence-electron chi connectivity index (χ2n) is 6.80. The van der Waals surface area contributed by atoms with Gasteiger partial charge in [-0.3, -0.25) is 9.36 Å². The number of carbonyl (C=O) groups excluding carboxylic acids is 3. The number of thiophene rings is 1. The first-order chi connectivity index (χ1) is 16.3.